The Labute approximate surface area is 222 Å². The van der Waals surface area contributed by atoms with Gasteiger partial charge in [0.25, 0.3) is 0 Å². The van der Waals surface area contributed by atoms with Gasteiger partial charge in [0.2, 0.25) is 0 Å². The Morgan fingerprint density at radius 1 is 0.829 bits per heavy atom. The van der Waals surface area contributed by atoms with Crippen LogP contribution in [-0.4, -0.2) is 11.2 Å². The van der Waals surface area contributed by atoms with Crippen LogP contribution in [0.2, 0.25) is 0 Å². The Balaban J connectivity index is 2.00. The molecule has 2 fully saturated rings. The minimum atomic E-state index is -0.105. The van der Waals surface area contributed by atoms with Gasteiger partial charge < -0.3 is 5.11 Å². The number of aliphatic hydroxyl groups is 1. The van der Waals surface area contributed by atoms with Crippen LogP contribution in [0, 0.1) is 52.8 Å². The first-order chi connectivity index (χ1) is 16.7. The van der Waals surface area contributed by atoms with Crippen molar-refractivity contribution in [1.82, 2.24) is 0 Å². The molecular weight excluding hydrogens is 424 g/mol. The first-order valence-electron chi connectivity index (χ1n) is 16.4. The van der Waals surface area contributed by atoms with Gasteiger partial charge in [0.1, 0.15) is 0 Å². The third-order valence-electron chi connectivity index (χ3n) is 11.6. The van der Waals surface area contributed by atoms with Crippen LogP contribution in [0.1, 0.15) is 158 Å². The average molecular weight is 491 g/mol. The molecule has 0 heterocycles. The van der Waals surface area contributed by atoms with Gasteiger partial charge in [-0.05, 0) is 111 Å². The fourth-order valence-electron chi connectivity index (χ4n) is 8.87. The van der Waals surface area contributed by atoms with Crippen molar-refractivity contribution in [3.63, 3.8) is 0 Å². The van der Waals surface area contributed by atoms with Gasteiger partial charge in [-0.2, -0.15) is 0 Å². The minimum Gasteiger partial charge on any atom is -0.393 e. The van der Waals surface area contributed by atoms with Gasteiger partial charge in [-0.1, -0.05) is 100 Å². The highest BCUT2D eigenvalue weighted by atomic mass is 16.3. The number of hydrogen-bond donors (Lipinski definition) is 1. The second-order valence-corrected chi connectivity index (χ2v) is 13.8. The molecule has 0 aromatic carbocycles. The Bertz CT molecular complexity index is 547. The molecule has 0 bridgehead atoms. The van der Waals surface area contributed by atoms with Gasteiger partial charge >= 0.3 is 0 Å². The highest BCUT2D eigenvalue weighted by Gasteiger charge is 2.43. The molecule has 0 aromatic rings. The van der Waals surface area contributed by atoms with E-state index >= 15 is 0 Å². The predicted octanol–water partition coefficient (Wildman–Crippen LogP) is 10.7. The van der Waals surface area contributed by atoms with E-state index in [0.29, 0.717) is 11.3 Å². The van der Waals surface area contributed by atoms with Crippen molar-refractivity contribution in [3.05, 3.63) is 0 Å². The van der Waals surface area contributed by atoms with E-state index in [9.17, 15) is 5.11 Å². The summed E-state index contributed by atoms with van der Waals surface area (Å²) in [5.41, 5.74) is 0.555. The molecule has 1 heteroatoms. The van der Waals surface area contributed by atoms with Crippen molar-refractivity contribution in [2.45, 2.75) is 164 Å². The molecule has 35 heavy (non-hydrogen) atoms. The van der Waals surface area contributed by atoms with E-state index in [1.165, 1.54) is 89.9 Å². The van der Waals surface area contributed by atoms with Crippen LogP contribution in [0.25, 0.3) is 0 Å². The van der Waals surface area contributed by atoms with Crippen molar-refractivity contribution in [1.29, 1.82) is 0 Å². The molecule has 0 spiro atoms. The van der Waals surface area contributed by atoms with Crippen molar-refractivity contribution < 1.29 is 5.11 Å². The fourth-order valence-corrected chi connectivity index (χ4v) is 8.87. The summed E-state index contributed by atoms with van der Waals surface area (Å²) < 4.78 is 0. The lowest BCUT2D eigenvalue weighted by atomic mass is 9.56. The summed E-state index contributed by atoms with van der Waals surface area (Å²) in [7, 11) is 0. The first kappa shape index (κ1) is 31.2. The largest absolute Gasteiger partial charge is 0.393 e. The first-order valence-corrected chi connectivity index (χ1v) is 16.4. The fraction of sp³-hybridized carbons (Fsp3) is 1.00. The molecule has 208 valence electrons. The zero-order chi connectivity index (χ0) is 26.0. The van der Waals surface area contributed by atoms with Crippen LogP contribution in [0.3, 0.4) is 0 Å². The highest BCUT2D eigenvalue weighted by Crippen LogP contribution is 2.53. The van der Waals surface area contributed by atoms with Gasteiger partial charge in [0, 0.05) is 0 Å². The lowest BCUT2D eigenvalue weighted by Crippen LogP contribution is -2.39. The molecule has 0 amide bonds. The Morgan fingerprint density at radius 2 is 1.51 bits per heavy atom. The standard InChI is InChI=1S/C34H66O/c1-9-21-34(25(5)6,22-13-14-31-23-26(7)15-16-28(31)11-3)32-19-17-30(18-20-32)29(12-4)24-33(35)27(8)10-2/h25-33,35H,9-24H2,1-8H3/t26-,27?,28?,29?,30?,31?,32?,33?,34+/m0/s1. The summed E-state index contributed by atoms with van der Waals surface area (Å²) >= 11 is 0. The third-order valence-corrected chi connectivity index (χ3v) is 11.6. The second kappa shape index (κ2) is 15.4. The maximum Gasteiger partial charge on any atom is 0.0568 e. The van der Waals surface area contributed by atoms with Gasteiger partial charge in [0.05, 0.1) is 6.10 Å². The van der Waals surface area contributed by atoms with E-state index in [1.54, 1.807) is 0 Å². The predicted molar refractivity (Wildman–Crippen MR) is 156 cm³/mol. The van der Waals surface area contributed by atoms with Crippen LogP contribution in [0.4, 0.5) is 0 Å². The molecule has 2 aliphatic rings. The van der Waals surface area contributed by atoms with Crippen molar-refractivity contribution >= 4 is 0 Å². The average Bonchev–Trinajstić information content (AvgIpc) is 2.86. The zero-order valence-electron chi connectivity index (χ0n) is 25.5. The monoisotopic (exact) mass is 491 g/mol. The van der Waals surface area contributed by atoms with Gasteiger partial charge in [0.15, 0.2) is 0 Å². The lowest BCUT2D eigenvalue weighted by molar-refractivity contribution is 0.00816. The van der Waals surface area contributed by atoms with Crippen LogP contribution in [0.15, 0.2) is 0 Å². The molecule has 7 atom stereocenters. The summed E-state index contributed by atoms with van der Waals surface area (Å²) in [6, 6.07) is 0. The second-order valence-electron chi connectivity index (χ2n) is 13.8. The molecule has 1 nitrogen and oxygen atoms in total. The molecule has 2 saturated carbocycles. The number of rotatable bonds is 15. The van der Waals surface area contributed by atoms with Gasteiger partial charge in [-0.3, -0.25) is 0 Å². The van der Waals surface area contributed by atoms with Crippen LogP contribution in [-0.2, 0) is 0 Å². The molecule has 0 aliphatic heterocycles. The Morgan fingerprint density at radius 3 is 2.06 bits per heavy atom. The SMILES string of the molecule is CCC[C@@](CCCC1C[C@@H](C)CCC1CC)(C(C)C)C1CCC(C(CC)CC(O)C(C)CC)CC1. The summed E-state index contributed by atoms with van der Waals surface area (Å²) in [6.07, 6.45) is 22.0. The topological polar surface area (TPSA) is 20.2 Å². The van der Waals surface area contributed by atoms with Crippen molar-refractivity contribution in [2.75, 3.05) is 0 Å². The minimum absolute atomic E-state index is 0.105. The Hall–Kier alpha value is -0.0400. The highest BCUT2D eigenvalue weighted by molar-refractivity contribution is 4.93. The van der Waals surface area contributed by atoms with E-state index < -0.39 is 0 Å². The molecule has 2 aliphatic carbocycles. The van der Waals surface area contributed by atoms with E-state index in [4.69, 9.17) is 0 Å². The smallest absolute Gasteiger partial charge is 0.0568 e. The summed E-state index contributed by atoms with van der Waals surface area (Å²) in [5.74, 6) is 6.67. The lowest BCUT2D eigenvalue weighted by Gasteiger charge is -2.49. The van der Waals surface area contributed by atoms with E-state index in [2.05, 4.69) is 55.4 Å². The Kier molecular flexibility index (Phi) is 13.7. The summed E-state index contributed by atoms with van der Waals surface area (Å²) in [4.78, 5) is 0. The van der Waals surface area contributed by atoms with Crippen molar-refractivity contribution in [3.8, 4) is 0 Å². The van der Waals surface area contributed by atoms with Crippen LogP contribution < -0.4 is 0 Å². The molecular formula is C34H66O. The van der Waals surface area contributed by atoms with Crippen LogP contribution in [0.5, 0.6) is 0 Å². The van der Waals surface area contributed by atoms with E-state index in [-0.39, 0.29) is 6.10 Å². The van der Waals surface area contributed by atoms with Gasteiger partial charge in [-0.25, -0.2) is 0 Å². The van der Waals surface area contributed by atoms with Crippen molar-refractivity contribution in [2.24, 2.45) is 52.8 Å². The maximum atomic E-state index is 10.7. The quantitative estimate of drug-likeness (QED) is 0.242. The summed E-state index contributed by atoms with van der Waals surface area (Å²) in [6.45, 7) is 19.3. The maximum absolute atomic E-state index is 10.7. The molecule has 0 saturated heterocycles. The summed E-state index contributed by atoms with van der Waals surface area (Å²) in [5, 5.41) is 10.7. The number of aliphatic hydroxyl groups excluding tert-OH is 1. The van der Waals surface area contributed by atoms with Crippen LogP contribution >= 0.6 is 0 Å². The zero-order valence-corrected chi connectivity index (χ0v) is 25.5. The van der Waals surface area contributed by atoms with Gasteiger partial charge in [-0.15, -0.1) is 0 Å². The van der Waals surface area contributed by atoms with E-state index in [1.807, 2.05) is 0 Å². The van der Waals surface area contributed by atoms with E-state index in [0.717, 1.165) is 54.3 Å². The normalized spacial score (nSPS) is 32.2. The number of hydrogen-bond acceptors (Lipinski definition) is 1. The third kappa shape index (κ3) is 8.48. The molecule has 2 rings (SSSR count). The molecule has 0 aromatic heterocycles. The molecule has 1 N–H and O–H groups in total. The molecule has 5 unspecified atom stereocenters. The molecule has 0 radical (unpaired) electrons.